The monoisotopic (exact) mass is 532 g/mol. The number of carbonyl (C=O) groups excluding carboxylic acids is 1. The summed E-state index contributed by atoms with van der Waals surface area (Å²) in [6.45, 7) is 21.9. The van der Waals surface area contributed by atoms with Gasteiger partial charge in [-0.25, -0.2) is 4.79 Å². The molecular weight excluding hydrogens is 472 g/mol. The van der Waals surface area contributed by atoms with Crippen LogP contribution in [0, 0.1) is 46.3 Å². The largest absolute Gasteiger partial charge is 0.509 e. The van der Waals surface area contributed by atoms with E-state index >= 15 is 0 Å². The van der Waals surface area contributed by atoms with Gasteiger partial charge in [0.25, 0.3) is 0 Å². The zero-order chi connectivity index (χ0) is 28.5. The average molecular weight is 533 g/mol. The molecule has 38 heavy (non-hydrogen) atoms. The van der Waals surface area contributed by atoms with Crippen LogP contribution in [0.3, 0.4) is 0 Å². The zero-order valence-corrected chi connectivity index (χ0v) is 26.4. The van der Waals surface area contributed by atoms with Crippen molar-refractivity contribution in [1.29, 1.82) is 0 Å². The van der Waals surface area contributed by atoms with E-state index in [4.69, 9.17) is 9.47 Å². The summed E-state index contributed by atoms with van der Waals surface area (Å²) < 4.78 is 11.8. The molecule has 9 atom stereocenters. The minimum atomic E-state index is -0.571. The Balaban J connectivity index is 0.00000195. The Morgan fingerprint density at radius 1 is 1.03 bits per heavy atom. The van der Waals surface area contributed by atoms with Crippen LogP contribution < -0.4 is 0 Å². The highest BCUT2D eigenvalue weighted by Gasteiger charge is 2.62. The molecule has 4 heteroatoms. The van der Waals surface area contributed by atoms with Crippen molar-refractivity contribution in [1.82, 2.24) is 0 Å². The number of fused-ring (bicyclic) bond motifs is 5. The van der Waals surface area contributed by atoms with Gasteiger partial charge >= 0.3 is 6.16 Å². The molecule has 0 amide bonds. The van der Waals surface area contributed by atoms with E-state index < -0.39 is 11.8 Å². The fourth-order valence-electron chi connectivity index (χ4n) is 9.13. The quantitative estimate of drug-likeness (QED) is 0.273. The maximum absolute atomic E-state index is 12.9. The molecule has 4 nitrogen and oxygen atoms in total. The van der Waals surface area contributed by atoms with Gasteiger partial charge in [0.05, 0.1) is 6.10 Å². The SMILES string of the molecule is CC.CC(C)CCCC(C)C1CCC2C3C(OC(=O)OC(C)(C)C)C=C4CC(O)CCC4(C)C3CCC12C. The number of carbonyl (C=O) groups is 1. The van der Waals surface area contributed by atoms with E-state index in [9.17, 15) is 9.90 Å². The summed E-state index contributed by atoms with van der Waals surface area (Å²) in [5.41, 5.74) is 1.17. The molecule has 0 aromatic rings. The molecule has 4 rings (SSSR count). The van der Waals surface area contributed by atoms with Crippen LogP contribution in [0.4, 0.5) is 4.79 Å². The average Bonchev–Trinajstić information content (AvgIpc) is 3.17. The molecule has 0 heterocycles. The highest BCUT2D eigenvalue weighted by Crippen LogP contribution is 2.67. The molecule has 9 unspecified atom stereocenters. The summed E-state index contributed by atoms with van der Waals surface area (Å²) in [5, 5.41) is 10.5. The lowest BCUT2D eigenvalue weighted by molar-refractivity contribution is -0.112. The Morgan fingerprint density at radius 2 is 1.71 bits per heavy atom. The van der Waals surface area contributed by atoms with Crippen molar-refractivity contribution in [3.05, 3.63) is 11.6 Å². The van der Waals surface area contributed by atoms with Gasteiger partial charge in [0.15, 0.2) is 0 Å². The fraction of sp³-hybridized carbons (Fsp3) is 0.912. The van der Waals surface area contributed by atoms with Crippen LogP contribution in [0.15, 0.2) is 11.6 Å². The van der Waals surface area contributed by atoms with E-state index in [1.54, 1.807) is 0 Å². The second-order valence-corrected chi connectivity index (χ2v) is 14.9. The standard InChI is InChI=1S/C32H54O4.C2H6/c1-20(2)10-9-11-21(3)24-12-13-25-28-26(15-17-32(24,25)8)31(7)16-14-23(33)18-22(31)19-27(28)35-29(34)36-30(4,5)6;1-2/h19-21,23-28,33H,9-18H2,1-8H3;1-2H3. The third kappa shape index (κ3) is 6.47. The maximum Gasteiger partial charge on any atom is 0.509 e. The van der Waals surface area contributed by atoms with Crippen molar-refractivity contribution in [2.24, 2.45) is 46.3 Å². The summed E-state index contributed by atoms with van der Waals surface area (Å²) in [6.07, 6.45) is 12.8. The molecule has 0 aromatic carbocycles. The number of aliphatic hydroxyl groups is 1. The first-order valence-electron chi connectivity index (χ1n) is 16.0. The number of hydrogen-bond donors (Lipinski definition) is 1. The van der Waals surface area contributed by atoms with Crippen molar-refractivity contribution in [2.75, 3.05) is 0 Å². The van der Waals surface area contributed by atoms with Crippen molar-refractivity contribution in [3.8, 4) is 0 Å². The first-order chi connectivity index (χ1) is 17.7. The molecule has 0 aliphatic heterocycles. The topological polar surface area (TPSA) is 55.8 Å². The lowest BCUT2D eigenvalue weighted by atomic mass is 9.46. The minimum Gasteiger partial charge on any atom is -0.429 e. The van der Waals surface area contributed by atoms with Gasteiger partial charge in [0.1, 0.15) is 11.7 Å². The minimum absolute atomic E-state index is 0.111. The number of aliphatic hydroxyl groups excluding tert-OH is 1. The van der Waals surface area contributed by atoms with Gasteiger partial charge < -0.3 is 14.6 Å². The van der Waals surface area contributed by atoms with Gasteiger partial charge in [0, 0.05) is 5.92 Å². The van der Waals surface area contributed by atoms with E-state index in [1.807, 2.05) is 34.6 Å². The van der Waals surface area contributed by atoms with Gasteiger partial charge in [-0.15, -0.1) is 0 Å². The molecule has 4 aliphatic rings. The Morgan fingerprint density at radius 3 is 2.34 bits per heavy atom. The second-order valence-electron chi connectivity index (χ2n) is 14.9. The molecule has 4 aliphatic carbocycles. The molecule has 3 fully saturated rings. The van der Waals surface area contributed by atoms with Gasteiger partial charge in [0.2, 0.25) is 0 Å². The molecular formula is C34H60O4. The maximum atomic E-state index is 12.9. The molecule has 0 radical (unpaired) electrons. The van der Waals surface area contributed by atoms with Crippen LogP contribution in [-0.4, -0.2) is 29.1 Å². The Kier molecular flexibility index (Phi) is 10.1. The smallest absolute Gasteiger partial charge is 0.429 e. The predicted molar refractivity (Wildman–Crippen MR) is 157 cm³/mol. The summed E-state index contributed by atoms with van der Waals surface area (Å²) >= 11 is 0. The molecule has 0 aromatic heterocycles. The zero-order valence-electron chi connectivity index (χ0n) is 26.4. The van der Waals surface area contributed by atoms with Gasteiger partial charge in [-0.3, -0.25) is 0 Å². The molecule has 0 saturated heterocycles. The first-order valence-corrected chi connectivity index (χ1v) is 16.0. The van der Waals surface area contributed by atoms with E-state index in [2.05, 4.69) is 40.7 Å². The van der Waals surface area contributed by atoms with E-state index in [1.165, 1.54) is 50.5 Å². The van der Waals surface area contributed by atoms with Crippen LogP contribution in [0.25, 0.3) is 0 Å². The summed E-state index contributed by atoms with van der Waals surface area (Å²) in [6, 6.07) is 0. The Bertz CT molecular complexity index is 825. The fourth-order valence-corrected chi connectivity index (χ4v) is 9.13. The molecule has 0 bridgehead atoms. The van der Waals surface area contributed by atoms with Crippen LogP contribution in [-0.2, 0) is 9.47 Å². The van der Waals surface area contributed by atoms with E-state index in [-0.39, 0.29) is 17.6 Å². The molecule has 0 spiro atoms. The van der Waals surface area contributed by atoms with Crippen molar-refractivity contribution < 1.29 is 19.4 Å². The lowest BCUT2D eigenvalue weighted by Crippen LogP contribution is -2.55. The molecule has 1 N–H and O–H groups in total. The summed E-state index contributed by atoms with van der Waals surface area (Å²) in [5.74, 6) is 3.70. The number of hydrogen-bond acceptors (Lipinski definition) is 4. The van der Waals surface area contributed by atoms with Crippen molar-refractivity contribution in [2.45, 2.75) is 151 Å². The van der Waals surface area contributed by atoms with Crippen LogP contribution >= 0.6 is 0 Å². The lowest BCUT2D eigenvalue weighted by Gasteiger charge is -2.59. The third-order valence-electron chi connectivity index (χ3n) is 10.9. The van der Waals surface area contributed by atoms with Crippen LogP contribution in [0.1, 0.15) is 133 Å². The highest BCUT2D eigenvalue weighted by atomic mass is 16.7. The van der Waals surface area contributed by atoms with Gasteiger partial charge in [-0.2, -0.15) is 0 Å². The third-order valence-corrected chi connectivity index (χ3v) is 10.9. The summed E-state index contributed by atoms with van der Waals surface area (Å²) in [7, 11) is 0. The Hall–Kier alpha value is -1.03. The van der Waals surface area contributed by atoms with Crippen LogP contribution in [0.5, 0.6) is 0 Å². The molecule has 220 valence electrons. The predicted octanol–water partition coefficient (Wildman–Crippen LogP) is 9.35. The van der Waals surface area contributed by atoms with Gasteiger partial charge in [-0.1, -0.05) is 73.3 Å². The van der Waals surface area contributed by atoms with Crippen molar-refractivity contribution in [3.63, 3.8) is 0 Å². The number of rotatable bonds is 6. The van der Waals surface area contributed by atoms with Crippen LogP contribution in [0.2, 0.25) is 0 Å². The highest BCUT2D eigenvalue weighted by molar-refractivity contribution is 5.61. The van der Waals surface area contributed by atoms with Crippen molar-refractivity contribution >= 4 is 6.16 Å². The Labute approximate surface area is 234 Å². The molecule has 3 saturated carbocycles. The van der Waals surface area contributed by atoms with E-state index in [0.717, 1.165) is 30.6 Å². The summed E-state index contributed by atoms with van der Waals surface area (Å²) in [4.78, 5) is 12.9. The normalized spacial score (nSPS) is 39.1. The van der Waals surface area contributed by atoms with Gasteiger partial charge in [-0.05, 0) is 112 Å². The first kappa shape index (κ1) is 31.5. The second kappa shape index (κ2) is 12.2. The van der Waals surface area contributed by atoms with E-state index in [0.29, 0.717) is 29.6 Å². The number of ether oxygens (including phenoxy) is 2.